The Bertz CT molecular complexity index is 424. The summed E-state index contributed by atoms with van der Waals surface area (Å²) in [4.78, 5) is 6.58. The van der Waals surface area contributed by atoms with E-state index in [1.807, 2.05) is 13.0 Å². The second-order valence-electron chi connectivity index (χ2n) is 5.50. The summed E-state index contributed by atoms with van der Waals surface area (Å²) in [5.41, 5.74) is 1.70. The molecule has 1 heterocycles. The quantitative estimate of drug-likeness (QED) is 0.839. The Labute approximate surface area is 130 Å². The molecule has 2 rings (SSSR count). The van der Waals surface area contributed by atoms with E-state index in [-0.39, 0.29) is 6.61 Å². The maximum absolute atomic E-state index is 9.30. The Morgan fingerprint density at radius 3 is 2.60 bits per heavy atom. The number of aryl methyl sites for hydroxylation is 1. The van der Waals surface area contributed by atoms with Gasteiger partial charge in [0.05, 0.1) is 6.61 Å². The average Bonchev–Trinajstić information content (AvgIpc) is 2.42. The molecule has 1 aliphatic carbocycles. The van der Waals surface area contributed by atoms with E-state index in [2.05, 4.69) is 9.88 Å². The van der Waals surface area contributed by atoms with Gasteiger partial charge in [0.15, 0.2) is 0 Å². The Hall–Kier alpha value is -0.350. The first kappa shape index (κ1) is 16.0. The van der Waals surface area contributed by atoms with Gasteiger partial charge in [-0.3, -0.25) is 4.90 Å². The van der Waals surface area contributed by atoms with Crippen LogP contribution >= 0.6 is 23.2 Å². The predicted octanol–water partition coefficient (Wildman–Crippen LogP) is 3.82. The first-order valence-electron chi connectivity index (χ1n) is 7.28. The Morgan fingerprint density at radius 2 is 2.00 bits per heavy atom. The molecular weight excluding hydrogens is 295 g/mol. The molecular formula is C15H22Cl2N2O. The number of nitrogens with zero attached hydrogens (tertiary/aromatic N) is 2. The fourth-order valence-corrected chi connectivity index (χ4v) is 3.58. The molecule has 1 N–H and O–H groups in total. The number of hydrogen-bond donors (Lipinski definition) is 1. The van der Waals surface area contributed by atoms with E-state index in [9.17, 15) is 5.11 Å². The topological polar surface area (TPSA) is 36.4 Å². The number of pyridine rings is 1. The van der Waals surface area contributed by atoms with Crippen LogP contribution in [-0.2, 0) is 6.54 Å². The van der Waals surface area contributed by atoms with Gasteiger partial charge in [-0.15, -0.1) is 0 Å². The van der Waals surface area contributed by atoms with Crippen molar-refractivity contribution in [2.24, 2.45) is 0 Å². The van der Waals surface area contributed by atoms with Crippen molar-refractivity contribution in [3.63, 3.8) is 0 Å². The molecule has 1 aromatic heterocycles. The molecule has 0 amide bonds. The number of aromatic nitrogens is 1. The van der Waals surface area contributed by atoms with Crippen molar-refractivity contribution in [3.05, 3.63) is 27.5 Å². The van der Waals surface area contributed by atoms with E-state index in [0.29, 0.717) is 29.3 Å². The van der Waals surface area contributed by atoms with Crippen molar-refractivity contribution >= 4 is 23.2 Å². The van der Waals surface area contributed by atoms with E-state index in [1.54, 1.807) is 0 Å². The fraction of sp³-hybridized carbons (Fsp3) is 0.667. The highest BCUT2D eigenvalue weighted by molar-refractivity contribution is 6.35. The molecule has 112 valence electrons. The molecule has 1 saturated carbocycles. The van der Waals surface area contributed by atoms with Gasteiger partial charge in [-0.2, -0.15) is 0 Å². The number of aliphatic hydroxyl groups is 1. The molecule has 0 bridgehead atoms. The summed E-state index contributed by atoms with van der Waals surface area (Å²) in [7, 11) is 0. The van der Waals surface area contributed by atoms with Crippen LogP contribution in [0.25, 0.3) is 0 Å². The van der Waals surface area contributed by atoms with Gasteiger partial charge < -0.3 is 5.11 Å². The lowest BCUT2D eigenvalue weighted by Crippen LogP contribution is -2.38. The Balaban J connectivity index is 2.15. The van der Waals surface area contributed by atoms with Crippen LogP contribution in [0.5, 0.6) is 0 Å². The maximum atomic E-state index is 9.30. The Kier molecular flexibility index (Phi) is 6.09. The van der Waals surface area contributed by atoms with Crippen molar-refractivity contribution in [1.82, 2.24) is 9.88 Å². The van der Waals surface area contributed by atoms with Crippen LogP contribution in [0.3, 0.4) is 0 Å². The smallest absolute Gasteiger partial charge is 0.135 e. The maximum Gasteiger partial charge on any atom is 0.135 e. The van der Waals surface area contributed by atoms with Gasteiger partial charge in [-0.05, 0) is 25.8 Å². The normalized spacial score (nSPS) is 16.9. The van der Waals surface area contributed by atoms with Crippen molar-refractivity contribution < 1.29 is 5.11 Å². The van der Waals surface area contributed by atoms with E-state index < -0.39 is 0 Å². The summed E-state index contributed by atoms with van der Waals surface area (Å²) in [6.07, 6.45) is 6.22. The molecule has 3 nitrogen and oxygen atoms in total. The summed E-state index contributed by atoms with van der Waals surface area (Å²) in [6, 6.07) is 2.37. The summed E-state index contributed by atoms with van der Waals surface area (Å²) in [6.45, 7) is 3.36. The van der Waals surface area contributed by atoms with Crippen LogP contribution in [0.2, 0.25) is 10.2 Å². The second-order valence-corrected chi connectivity index (χ2v) is 6.27. The molecule has 0 unspecified atom stereocenters. The lowest BCUT2D eigenvalue weighted by atomic mass is 9.94. The third-order valence-corrected chi connectivity index (χ3v) is 4.64. The number of hydrogen-bond acceptors (Lipinski definition) is 3. The van der Waals surface area contributed by atoms with E-state index >= 15 is 0 Å². The van der Waals surface area contributed by atoms with E-state index in [4.69, 9.17) is 23.2 Å². The van der Waals surface area contributed by atoms with Crippen LogP contribution in [-0.4, -0.2) is 34.2 Å². The van der Waals surface area contributed by atoms with Gasteiger partial charge in [-0.25, -0.2) is 4.98 Å². The van der Waals surface area contributed by atoms with Crippen LogP contribution < -0.4 is 0 Å². The van der Waals surface area contributed by atoms with Gasteiger partial charge in [0.1, 0.15) is 5.15 Å². The van der Waals surface area contributed by atoms with Crippen LogP contribution in [0.1, 0.15) is 43.4 Å². The van der Waals surface area contributed by atoms with Crippen molar-refractivity contribution in [2.45, 2.75) is 51.6 Å². The molecule has 0 aromatic carbocycles. The van der Waals surface area contributed by atoms with Gasteiger partial charge in [0.25, 0.3) is 0 Å². The highest BCUT2D eigenvalue weighted by Crippen LogP contribution is 2.29. The molecule has 5 heteroatoms. The number of halogens is 2. The minimum atomic E-state index is 0.158. The van der Waals surface area contributed by atoms with E-state index in [0.717, 1.165) is 11.3 Å². The molecule has 1 aromatic rings. The van der Waals surface area contributed by atoms with Crippen LogP contribution in [0.15, 0.2) is 6.07 Å². The lowest BCUT2D eigenvalue weighted by molar-refractivity contribution is 0.117. The molecule has 0 atom stereocenters. The van der Waals surface area contributed by atoms with Crippen molar-refractivity contribution in [3.8, 4) is 0 Å². The first-order chi connectivity index (χ1) is 9.61. The minimum Gasteiger partial charge on any atom is -0.395 e. The average molecular weight is 317 g/mol. The van der Waals surface area contributed by atoms with Gasteiger partial charge in [0, 0.05) is 35.4 Å². The third kappa shape index (κ3) is 4.08. The summed E-state index contributed by atoms with van der Waals surface area (Å²) in [5.74, 6) is 0. The molecule has 0 saturated heterocycles. The van der Waals surface area contributed by atoms with Crippen molar-refractivity contribution in [2.75, 3.05) is 13.2 Å². The standard InChI is InChI=1S/C15H22Cl2N2O/c1-11-9-14(16)13(15(17)18-11)10-19(7-8-20)12-5-3-2-4-6-12/h9,12,20H,2-8,10H2,1H3. The lowest BCUT2D eigenvalue weighted by Gasteiger charge is -2.34. The highest BCUT2D eigenvalue weighted by atomic mass is 35.5. The minimum absolute atomic E-state index is 0.158. The third-order valence-electron chi connectivity index (χ3n) is 3.99. The zero-order chi connectivity index (χ0) is 14.5. The summed E-state index contributed by atoms with van der Waals surface area (Å²) < 4.78 is 0. The van der Waals surface area contributed by atoms with Crippen LogP contribution in [0.4, 0.5) is 0 Å². The first-order valence-corrected chi connectivity index (χ1v) is 8.04. The molecule has 1 fully saturated rings. The SMILES string of the molecule is Cc1cc(Cl)c(CN(CCO)C2CCCCC2)c(Cl)n1. The second kappa shape index (κ2) is 7.60. The highest BCUT2D eigenvalue weighted by Gasteiger charge is 2.22. The zero-order valence-electron chi connectivity index (χ0n) is 11.9. The number of aliphatic hydroxyl groups excluding tert-OH is 1. The molecule has 0 spiro atoms. The zero-order valence-corrected chi connectivity index (χ0v) is 13.4. The number of rotatable bonds is 5. The fourth-order valence-electron chi connectivity index (χ4n) is 2.93. The predicted molar refractivity (Wildman–Crippen MR) is 83.4 cm³/mol. The van der Waals surface area contributed by atoms with Gasteiger partial charge in [0.2, 0.25) is 0 Å². The Morgan fingerprint density at radius 1 is 1.30 bits per heavy atom. The largest absolute Gasteiger partial charge is 0.395 e. The molecule has 0 radical (unpaired) electrons. The van der Waals surface area contributed by atoms with Crippen molar-refractivity contribution in [1.29, 1.82) is 0 Å². The van der Waals surface area contributed by atoms with Crippen LogP contribution in [0, 0.1) is 6.92 Å². The van der Waals surface area contributed by atoms with Gasteiger partial charge >= 0.3 is 0 Å². The molecule has 1 aliphatic rings. The molecule has 20 heavy (non-hydrogen) atoms. The summed E-state index contributed by atoms with van der Waals surface area (Å²) in [5, 5.41) is 10.5. The van der Waals surface area contributed by atoms with Gasteiger partial charge in [-0.1, -0.05) is 42.5 Å². The van der Waals surface area contributed by atoms with E-state index in [1.165, 1.54) is 32.1 Å². The summed E-state index contributed by atoms with van der Waals surface area (Å²) >= 11 is 12.5. The molecule has 0 aliphatic heterocycles. The monoisotopic (exact) mass is 316 g/mol.